The Hall–Kier alpha value is -0.490. The van der Waals surface area contributed by atoms with Crippen LogP contribution in [0.5, 0.6) is 0 Å². The molecular weight excluding hydrogens is 324 g/mol. The van der Waals surface area contributed by atoms with Crippen molar-refractivity contribution in [1.29, 1.82) is 0 Å². The molecule has 5 heteroatoms. The Morgan fingerprint density at radius 1 is 1.60 bits per heavy atom. The summed E-state index contributed by atoms with van der Waals surface area (Å²) < 4.78 is 1.14. The van der Waals surface area contributed by atoms with Gasteiger partial charge in [-0.3, -0.25) is 0 Å². The minimum absolute atomic E-state index is 0.484. The van der Waals surface area contributed by atoms with Crippen molar-refractivity contribution in [3.63, 3.8) is 0 Å². The Balaban J connectivity index is 2.78. The molecule has 0 unspecified atom stereocenters. The number of rotatable bonds is 3. The summed E-state index contributed by atoms with van der Waals surface area (Å²) in [5.41, 5.74) is 6.66. The van der Waals surface area contributed by atoms with E-state index in [9.17, 15) is 0 Å². The van der Waals surface area contributed by atoms with Crippen LogP contribution in [0.15, 0.2) is 29.3 Å². The lowest BCUT2D eigenvalue weighted by Crippen LogP contribution is -2.35. The van der Waals surface area contributed by atoms with Crippen molar-refractivity contribution in [2.45, 2.75) is 0 Å². The average Bonchev–Trinajstić information content (AvgIpc) is 2.18. The fraction of sp³-hybridized carbons (Fsp3) is 0.300. The zero-order chi connectivity index (χ0) is 11.3. The molecule has 0 aromatic heterocycles. The number of hydrogen-bond donors (Lipinski definition) is 1. The third-order valence-electron chi connectivity index (χ3n) is 1.86. The summed E-state index contributed by atoms with van der Waals surface area (Å²) in [6.45, 7) is 0.695. The first kappa shape index (κ1) is 12.6. The Morgan fingerprint density at radius 2 is 2.33 bits per heavy atom. The summed E-state index contributed by atoms with van der Waals surface area (Å²) in [6.07, 6.45) is 0. The van der Waals surface area contributed by atoms with Gasteiger partial charge in [0.2, 0.25) is 0 Å². The lowest BCUT2D eigenvalue weighted by atomic mass is 10.3. The highest BCUT2D eigenvalue weighted by Gasteiger charge is 2.00. The highest BCUT2D eigenvalue weighted by atomic mass is 127. The summed E-state index contributed by atoms with van der Waals surface area (Å²) in [5.74, 6) is 1.02. The molecule has 3 nitrogen and oxygen atoms in total. The van der Waals surface area contributed by atoms with E-state index in [0.29, 0.717) is 18.4 Å². The molecule has 0 amide bonds. The third kappa shape index (κ3) is 4.25. The van der Waals surface area contributed by atoms with Crippen LogP contribution < -0.4 is 5.73 Å². The first-order valence-electron chi connectivity index (χ1n) is 4.50. The van der Waals surface area contributed by atoms with Crippen LogP contribution in [0.3, 0.4) is 0 Å². The number of nitrogens with zero attached hydrogens (tertiary/aromatic N) is 2. The van der Waals surface area contributed by atoms with Crippen molar-refractivity contribution in [1.82, 2.24) is 4.90 Å². The molecule has 2 N–H and O–H groups in total. The second-order valence-electron chi connectivity index (χ2n) is 3.06. The number of guanidine groups is 1. The molecule has 0 saturated heterocycles. The monoisotopic (exact) mass is 337 g/mol. The molecule has 0 bridgehead atoms. The van der Waals surface area contributed by atoms with Gasteiger partial charge in [0.1, 0.15) is 0 Å². The molecule has 0 aliphatic rings. The maximum Gasteiger partial charge on any atom is 0.196 e. The maximum absolute atomic E-state index is 5.80. The van der Waals surface area contributed by atoms with E-state index in [1.165, 1.54) is 0 Å². The summed E-state index contributed by atoms with van der Waals surface area (Å²) in [5, 5.41) is 0. The van der Waals surface area contributed by atoms with Crippen molar-refractivity contribution in [2.75, 3.05) is 19.5 Å². The van der Waals surface area contributed by atoms with E-state index in [1.54, 1.807) is 0 Å². The highest BCUT2D eigenvalue weighted by molar-refractivity contribution is 14.1. The van der Waals surface area contributed by atoms with Gasteiger partial charge in [0.25, 0.3) is 0 Å². The summed E-state index contributed by atoms with van der Waals surface area (Å²) >= 11 is 7.86. The van der Waals surface area contributed by atoms with E-state index in [4.69, 9.17) is 17.3 Å². The van der Waals surface area contributed by atoms with Crippen LogP contribution in [-0.2, 0) is 0 Å². The van der Waals surface area contributed by atoms with Gasteiger partial charge in [-0.15, -0.1) is 11.6 Å². The van der Waals surface area contributed by atoms with Crippen LogP contribution in [-0.4, -0.2) is 30.3 Å². The van der Waals surface area contributed by atoms with Gasteiger partial charge in [-0.1, -0.05) is 6.07 Å². The minimum atomic E-state index is 0.484. The van der Waals surface area contributed by atoms with Crippen LogP contribution in [0.4, 0.5) is 5.69 Å². The second kappa shape index (κ2) is 6.17. The quantitative estimate of drug-likeness (QED) is 0.398. The van der Waals surface area contributed by atoms with Crippen molar-refractivity contribution >= 4 is 45.8 Å². The summed E-state index contributed by atoms with van der Waals surface area (Å²) in [7, 11) is 1.87. The van der Waals surface area contributed by atoms with Crippen LogP contribution >= 0.6 is 34.2 Å². The van der Waals surface area contributed by atoms with E-state index in [1.807, 2.05) is 36.2 Å². The number of benzene rings is 1. The fourth-order valence-corrected chi connectivity index (χ4v) is 1.78. The predicted molar refractivity (Wildman–Crippen MR) is 73.8 cm³/mol. The highest BCUT2D eigenvalue weighted by Crippen LogP contribution is 2.15. The molecule has 1 rings (SSSR count). The first-order chi connectivity index (χ1) is 7.13. The molecule has 0 radical (unpaired) electrons. The van der Waals surface area contributed by atoms with Crippen LogP contribution in [0.2, 0.25) is 0 Å². The smallest absolute Gasteiger partial charge is 0.196 e. The average molecular weight is 338 g/mol. The first-order valence-corrected chi connectivity index (χ1v) is 6.11. The normalized spacial score (nSPS) is 11.5. The third-order valence-corrected chi connectivity index (χ3v) is 2.70. The molecule has 0 aliphatic carbocycles. The van der Waals surface area contributed by atoms with Gasteiger partial charge in [0, 0.05) is 23.0 Å². The number of alkyl halides is 1. The number of hydrogen-bond acceptors (Lipinski definition) is 1. The van der Waals surface area contributed by atoms with Crippen molar-refractivity contribution in [2.24, 2.45) is 10.7 Å². The number of nitrogens with two attached hydrogens (primary N) is 1. The van der Waals surface area contributed by atoms with Crippen molar-refractivity contribution in [3.05, 3.63) is 27.8 Å². The molecule has 1 aromatic rings. The molecule has 15 heavy (non-hydrogen) atoms. The maximum atomic E-state index is 5.80. The molecule has 0 fully saturated rings. The van der Waals surface area contributed by atoms with Crippen molar-refractivity contribution in [3.8, 4) is 0 Å². The number of aliphatic imine (C=N–C) groups is 1. The van der Waals surface area contributed by atoms with Gasteiger partial charge >= 0.3 is 0 Å². The van der Waals surface area contributed by atoms with E-state index < -0.39 is 0 Å². The number of halogens is 2. The largest absolute Gasteiger partial charge is 0.369 e. The van der Waals surface area contributed by atoms with E-state index >= 15 is 0 Å². The van der Waals surface area contributed by atoms with E-state index in [2.05, 4.69) is 27.6 Å². The Morgan fingerprint density at radius 3 is 2.93 bits per heavy atom. The Bertz CT molecular complexity index is 354. The molecule has 82 valence electrons. The van der Waals surface area contributed by atoms with Gasteiger partial charge in [0.15, 0.2) is 5.96 Å². The van der Waals surface area contributed by atoms with Crippen LogP contribution in [0, 0.1) is 3.57 Å². The van der Waals surface area contributed by atoms with Crippen molar-refractivity contribution < 1.29 is 0 Å². The van der Waals surface area contributed by atoms with Gasteiger partial charge in [-0.2, -0.15) is 0 Å². The molecule has 1 aromatic carbocycles. The lowest BCUT2D eigenvalue weighted by molar-refractivity contribution is 0.532. The van der Waals surface area contributed by atoms with Crippen LogP contribution in [0.25, 0.3) is 0 Å². The molecule has 0 saturated carbocycles. The SMILES string of the molecule is CN(CCCl)C(N)=Nc1cccc(I)c1. The van der Waals surface area contributed by atoms with Gasteiger partial charge in [0.05, 0.1) is 5.69 Å². The molecule has 0 aliphatic heterocycles. The Kier molecular flexibility index (Phi) is 5.17. The minimum Gasteiger partial charge on any atom is -0.369 e. The fourth-order valence-electron chi connectivity index (χ4n) is 1.00. The van der Waals surface area contributed by atoms with Crippen LogP contribution in [0.1, 0.15) is 0 Å². The molecule has 0 atom stereocenters. The molecular formula is C10H13ClIN3. The lowest BCUT2D eigenvalue weighted by Gasteiger charge is -2.15. The van der Waals surface area contributed by atoms with Gasteiger partial charge in [-0.05, 0) is 40.8 Å². The topological polar surface area (TPSA) is 41.6 Å². The van der Waals surface area contributed by atoms with Gasteiger partial charge in [-0.25, -0.2) is 4.99 Å². The molecule has 0 spiro atoms. The van der Waals surface area contributed by atoms with E-state index in [-0.39, 0.29) is 0 Å². The molecule has 0 heterocycles. The Labute approximate surface area is 108 Å². The van der Waals surface area contributed by atoms with Gasteiger partial charge < -0.3 is 10.6 Å². The second-order valence-corrected chi connectivity index (χ2v) is 4.68. The standard InChI is InChI=1S/C10H13ClIN3/c1-15(6-5-11)10(13)14-9-4-2-3-8(12)7-9/h2-4,7H,5-6H2,1H3,(H2,13,14). The van der Waals surface area contributed by atoms with E-state index in [0.717, 1.165) is 9.26 Å². The zero-order valence-corrected chi connectivity index (χ0v) is 11.4. The predicted octanol–water partition coefficient (Wildman–Crippen LogP) is 2.41. The zero-order valence-electron chi connectivity index (χ0n) is 8.45. The summed E-state index contributed by atoms with van der Waals surface area (Å²) in [6, 6.07) is 7.86. The summed E-state index contributed by atoms with van der Waals surface area (Å²) in [4.78, 5) is 6.12.